The van der Waals surface area contributed by atoms with Gasteiger partial charge in [0.15, 0.2) is 0 Å². The second-order valence-electron chi connectivity index (χ2n) is 7.22. The number of sulfonamides is 1. The topological polar surface area (TPSA) is 66.5 Å². The van der Waals surface area contributed by atoms with Gasteiger partial charge in [-0.25, -0.2) is 8.42 Å². The van der Waals surface area contributed by atoms with Crippen LogP contribution in [0.2, 0.25) is 5.02 Å². The molecule has 154 valence electrons. The molecule has 1 aliphatic heterocycles. The Morgan fingerprint density at radius 3 is 2.57 bits per heavy atom. The van der Waals surface area contributed by atoms with Crippen molar-refractivity contribution in [3.8, 4) is 11.1 Å². The number of aryl methyl sites for hydroxylation is 2. The molecule has 4 rings (SSSR count). The summed E-state index contributed by atoms with van der Waals surface area (Å²) in [6, 6.07) is 17.8. The maximum absolute atomic E-state index is 13.4. The molecule has 5 nitrogen and oxygen atoms in total. The van der Waals surface area contributed by atoms with Crippen molar-refractivity contribution < 1.29 is 13.2 Å². The van der Waals surface area contributed by atoms with Crippen LogP contribution < -0.4 is 9.62 Å². The van der Waals surface area contributed by atoms with E-state index in [-0.39, 0.29) is 11.4 Å². The number of hydrogen-bond donors (Lipinski definition) is 1. The SMILES string of the molecule is CCc1ccc2c(c1)-c1ccccc1S(=O)(=O)N2CC(=O)Nc1cc(Cl)ccc1C. The van der Waals surface area contributed by atoms with E-state index in [2.05, 4.69) is 5.32 Å². The number of anilines is 2. The van der Waals surface area contributed by atoms with E-state index in [4.69, 9.17) is 11.6 Å². The Labute approximate surface area is 181 Å². The summed E-state index contributed by atoms with van der Waals surface area (Å²) in [5.74, 6) is -0.436. The molecule has 0 unspecified atom stereocenters. The van der Waals surface area contributed by atoms with Gasteiger partial charge >= 0.3 is 0 Å². The van der Waals surface area contributed by atoms with Crippen LogP contribution in [-0.2, 0) is 21.2 Å². The molecule has 7 heteroatoms. The highest BCUT2D eigenvalue weighted by Crippen LogP contribution is 2.43. The van der Waals surface area contributed by atoms with Gasteiger partial charge in [-0.05, 0) is 54.8 Å². The lowest BCUT2D eigenvalue weighted by Crippen LogP contribution is -2.40. The molecule has 3 aromatic carbocycles. The Hall–Kier alpha value is -2.83. The van der Waals surface area contributed by atoms with E-state index in [0.29, 0.717) is 22.0 Å². The fraction of sp³-hybridized carbons (Fsp3) is 0.174. The molecule has 0 atom stereocenters. The fourth-order valence-electron chi connectivity index (χ4n) is 3.62. The van der Waals surface area contributed by atoms with E-state index in [1.807, 2.05) is 32.0 Å². The fourth-order valence-corrected chi connectivity index (χ4v) is 5.44. The lowest BCUT2D eigenvalue weighted by atomic mass is 9.99. The summed E-state index contributed by atoms with van der Waals surface area (Å²) in [4.78, 5) is 13.0. The van der Waals surface area contributed by atoms with Crippen molar-refractivity contribution in [3.63, 3.8) is 0 Å². The molecule has 0 radical (unpaired) electrons. The molecule has 0 spiro atoms. The Bertz CT molecular complexity index is 1260. The van der Waals surface area contributed by atoms with Crippen LogP contribution in [0, 0.1) is 6.92 Å². The molecule has 1 heterocycles. The minimum Gasteiger partial charge on any atom is -0.324 e. The van der Waals surface area contributed by atoms with Crippen LogP contribution in [0.15, 0.2) is 65.6 Å². The molecule has 1 aliphatic rings. The summed E-state index contributed by atoms with van der Waals surface area (Å²) in [5.41, 5.74) is 4.47. The van der Waals surface area contributed by atoms with Crippen molar-refractivity contribution >= 4 is 38.9 Å². The molecule has 0 saturated carbocycles. The molecule has 0 aliphatic carbocycles. The van der Waals surface area contributed by atoms with Gasteiger partial charge in [-0.3, -0.25) is 9.10 Å². The summed E-state index contributed by atoms with van der Waals surface area (Å²) in [6.45, 7) is 3.56. The van der Waals surface area contributed by atoms with Gasteiger partial charge in [0.1, 0.15) is 6.54 Å². The predicted molar refractivity (Wildman–Crippen MR) is 121 cm³/mol. The van der Waals surface area contributed by atoms with E-state index in [0.717, 1.165) is 23.1 Å². The third kappa shape index (κ3) is 3.57. The summed E-state index contributed by atoms with van der Waals surface area (Å²) in [5, 5.41) is 3.28. The van der Waals surface area contributed by atoms with Gasteiger partial charge in [-0.2, -0.15) is 0 Å². The molecule has 0 aromatic heterocycles. The van der Waals surface area contributed by atoms with Crippen LogP contribution in [0.1, 0.15) is 18.1 Å². The first kappa shape index (κ1) is 20.4. The van der Waals surface area contributed by atoms with E-state index in [1.54, 1.807) is 42.5 Å². The number of fused-ring (bicyclic) bond motifs is 3. The van der Waals surface area contributed by atoms with Crippen LogP contribution in [0.4, 0.5) is 11.4 Å². The number of amides is 1. The second-order valence-corrected chi connectivity index (χ2v) is 9.49. The van der Waals surface area contributed by atoms with E-state index in [9.17, 15) is 13.2 Å². The smallest absolute Gasteiger partial charge is 0.265 e. The quantitative estimate of drug-likeness (QED) is 0.619. The van der Waals surface area contributed by atoms with E-state index < -0.39 is 15.9 Å². The monoisotopic (exact) mass is 440 g/mol. The molecular formula is C23H21ClN2O3S. The number of hydrogen-bond acceptors (Lipinski definition) is 3. The lowest BCUT2D eigenvalue weighted by Gasteiger charge is -2.32. The van der Waals surface area contributed by atoms with E-state index >= 15 is 0 Å². The van der Waals surface area contributed by atoms with Gasteiger partial charge in [0, 0.05) is 21.8 Å². The maximum atomic E-state index is 13.4. The van der Waals surface area contributed by atoms with Crippen LogP contribution in [0.3, 0.4) is 0 Å². The standard InChI is InChI=1S/C23H21ClN2O3S/c1-3-16-9-11-21-19(12-16)18-6-4-5-7-22(18)30(28,29)26(21)14-23(27)25-20-13-17(24)10-8-15(20)2/h4-13H,3,14H2,1-2H3,(H,25,27). The summed E-state index contributed by atoms with van der Waals surface area (Å²) < 4.78 is 27.9. The number of carbonyl (C=O) groups excluding carboxylic acids is 1. The van der Waals surface area contributed by atoms with Gasteiger partial charge in [0.25, 0.3) is 10.0 Å². The second kappa shape index (κ2) is 7.78. The molecule has 30 heavy (non-hydrogen) atoms. The molecule has 1 N–H and O–H groups in total. The Morgan fingerprint density at radius 1 is 1.03 bits per heavy atom. The van der Waals surface area contributed by atoms with Gasteiger partial charge < -0.3 is 5.32 Å². The molecular weight excluding hydrogens is 420 g/mol. The normalized spacial score (nSPS) is 14.0. The largest absolute Gasteiger partial charge is 0.324 e. The number of benzene rings is 3. The Kier molecular flexibility index (Phi) is 5.30. The molecule has 3 aromatic rings. The number of nitrogens with zero attached hydrogens (tertiary/aromatic N) is 1. The van der Waals surface area contributed by atoms with E-state index in [1.165, 1.54) is 4.31 Å². The van der Waals surface area contributed by atoms with Crippen LogP contribution in [-0.4, -0.2) is 20.9 Å². The molecule has 0 fully saturated rings. The predicted octanol–water partition coefficient (Wildman–Crippen LogP) is 5.03. The number of nitrogens with one attached hydrogen (secondary N) is 1. The minimum atomic E-state index is -3.88. The molecule has 0 bridgehead atoms. The third-order valence-corrected chi connectivity index (χ3v) is 7.30. The van der Waals surface area contributed by atoms with Crippen LogP contribution in [0.5, 0.6) is 0 Å². The van der Waals surface area contributed by atoms with Crippen LogP contribution >= 0.6 is 11.6 Å². The Balaban J connectivity index is 1.75. The molecule has 1 amide bonds. The highest BCUT2D eigenvalue weighted by molar-refractivity contribution is 7.93. The third-order valence-electron chi connectivity index (χ3n) is 5.24. The first-order valence-corrected chi connectivity index (χ1v) is 11.4. The molecule has 0 saturated heterocycles. The zero-order valence-electron chi connectivity index (χ0n) is 16.6. The lowest BCUT2D eigenvalue weighted by molar-refractivity contribution is -0.114. The van der Waals surface area contributed by atoms with Crippen molar-refractivity contribution in [3.05, 3.63) is 76.8 Å². The van der Waals surface area contributed by atoms with Gasteiger partial charge in [-0.15, -0.1) is 0 Å². The first-order valence-electron chi connectivity index (χ1n) is 9.62. The Morgan fingerprint density at radius 2 is 1.80 bits per heavy atom. The van der Waals surface area contributed by atoms with Gasteiger partial charge in [0.05, 0.1) is 10.6 Å². The van der Waals surface area contributed by atoms with Crippen molar-refractivity contribution in [2.75, 3.05) is 16.2 Å². The van der Waals surface area contributed by atoms with Gasteiger partial charge in [0.2, 0.25) is 5.91 Å². The number of halogens is 1. The zero-order valence-corrected chi connectivity index (χ0v) is 18.2. The minimum absolute atomic E-state index is 0.206. The summed E-state index contributed by atoms with van der Waals surface area (Å²) >= 11 is 6.03. The van der Waals surface area contributed by atoms with Crippen molar-refractivity contribution in [2.24, 2.45) is 0 Å². The average Bonchev–Trinajstić information content (AvgIpc) is 2.73. The van der Waals surface area contributed by atoms with Crippen molar-refractivity contribution in [2.45, 2.75) is 25.2 Å². The number of carbonyl (C=O) groups is 1. The number of rotatable bonds is 4. The van der Waals surface area contributed by atoms with Crippen LogP contribution in [0.25, 0.3) is 11.1 Å². The highest BCUT2D eigenvalue weighted by Gasteiger charge is 2.36. The van der Waals surface area contributed by atoms with Crippen molar-refractivity contribution in [1.82, 2.24) is 0 Å². The summed E-state index contributed by atoms with van der Waals surface area (Å²) in [7, 11) is -3.88. The van der Waals surface area contributed by atoms with Crippen molar-refractivity contribution in [1.29, 1.82) is 0 Å². The summed E-state index contributed by atoms with van der Waals surface area (Å²) in [6.07, 6.45) is 0.830. The maximum Gasteiger partial charge on any atom is 0.265 e. The zero-order chi connectivity index (χ0) is 21.5. The highest BCUT2D eigenvalue weighted by atomic mass is 35.5. The first-order chi connectivity index (χ1) is 14.3. The van der Waals surface area contributed by atoms with Gasteiger partial charge in [-0.1, -0.05) is 48.9 Å². The average molecular weight is 441 g/mol.